The van der Waals surface area contributed by atoms with Crippen molar-refractivity contribution >= 4 is 17.5 Å². The van der Waals surface area contributed by atoms with Crippen molar-refractivity contribution in [2.45, 2.75) is 19.9 Å². The number of carbonyl (C=O) groups excluding carboxylic acids is 2. The van der Waals surface area contributed by atoms with Gasteiger partial charge in [0.2, 0.25) is 5.91 Å². The van der Waals surface area contributed by atoms with Gasteiger partial charge in [0.15, 0.2) is 0 Å². The summed E-state index contributed by atoms with van der Waals surface area (Å²) in [6, 6.07) is 12.5. The minimum absolute atomic E-state index is 0.0554. The van der Waals surface area contributed by atoms with Crippen LogP contribution < -0.4 is 15.5 Å². The number of hydrogen-bond acceptors (Lipinski definition) is 4. The molecule has 2 aromatic rings. The van der Waals surface area contributed by atoms with E-state index in [2.05, 4.69) is 15.8 Å². The Balaban J connectivity index is 1.78. The molecule has 2 aromatic carbocycles. The Bertz CT molecular complexity index is 787. The van der Waals surface area contributed by atoms with Gasteiger partial charge in [-0.3, -0.25) is 9.59 Å². The molecule has 136 valence electrons. The lowest BCUT2D eigenvalue weighted by Gasteiger charge is -2.07. The predicted octanol–water partition coefficient (Wildman–Crippen LogP) is 2.65. The molecule has 7 heteroatoms. The Morgan fingerprint density at radius 3 is 2.35 bits per heavy atom. The lowest BCUT2D eigenvalue weighted by molar-refractivity contribution is -0.120. The molecular weight excluding hydrogens is 337 g/mol. The molecule has 6 nitrogen and oxygen atoms in total. The standard InChI is InChI=1S/C19H20FN3O3/c1-13(22-23-19(25)15-5-7-16(20)8-6-15)11-18(24)21-12-14-3-9-17(26-2)10-4-14/h3-10H,11-12H2,1-2H3,(H,21,24)(H,23,25)/b22-13-. The highest BCUT2D eigenvalue weighted by Crippen LogP contribution is 2.11. The van der Waals surface area contributed by atoms with Crippen LogP contribution in [0.15, 0.2) is 53.6 Å². The first-order valence-corrected chi connectivity index (χ1v) is 7.96. The van der Waals surface area contributed by atoms with E-state index in [1.165, 1.54) is 24.3 Å². The molecule has 0 aliphatic rings. The van der Waals surface area contributed by atoms with Crippen molar-refractivity contribution in [3.8, 4) is 5.75 Å². The van der Waals surface area contributed by atoms with Crippen molar-refractivity contribution in [1.29, 1.82) is 0 Å². The number of halogens is 1. The molecular formula is C19H20FN3O3. The van der Waals surface area contributed by atoms with Crippen LogP contribution in [0.5, 0.6) is 5.75 Å². The summed E-state index contributed by atoms with van der Waals surface area (Å²) in [4.78, 5) is 23.8. The average molecular weight is 357 g/mol. The first-order valence-electron chi connectivity index (χ1n) is 7.96. The lowest BCUT2D eigenvalue weighted by atomic mass is 10.2. The topological polar surface area (TPSA) is 79.8 Å². The largest absolute Gasteiger partial charge is 0.497 e. The van der Waals surface area contributed by atoms with Gasteiger partial charge in [0.05, 0.1) is 13.5 Å². The van der Waals surface area contributed by atoms with E-state index < -0.39 is 11.7 Å². The number of nitrogens with one attached hydrogen (secondary N) is 2. The summed E-state index contributed by atoms with van der Waals surface area (Å²) in [6.45, 7) is 2.02. The van der Waals surface area contributed by atoms with Gasteiger partial charge < -0.3 is 10.1 Å². The SMILES string of the molecule is COc1ccc(CNC(=O)C/C(C)=N\NC(=O)c2ccc(F)cc2)cc1. The van der Waals surface area contributed by atoms with E-state index in [-0.39, 0.29) is 17.9 Å². The van der Waals surface area contributed by atoms with Gasteiger partial charge in [0.25, 0.3) is 5.91 Å². The van der Waals surface area contributed by atoms with Crippen molar-refractivity contribution in [3.63, 3.8) is 0 Å². The van der Waals surface area contributed by atoms with Gasteiger partial charge >= 0.3 is 0 Å². The second-order valence-corrected chi connectivity index (χ2v) is 5.60. The van der Waals surface area contributed by atoms with Gasteiger partial charge in [-0.2, -0.15) is 5.10 Å². The molecule has 0 aliphatic carbocycles. The van der Waals surface area contributed by atoms with E-state index in [1.54, 1.807) is 14.0 Å². The van der Waals surface area contributed by atoms with Crippen LogP contribution in [0.4, 0.5) is 4.39 Å². The quantitative estimate of drug-likeness (QED) is 0.591. The lowest BCUT2D eigenvalue weighted by Crippen LogP contribution is -2.26. The Labute approximate surface area is 151 Å². The van der Waals surface area contributed by atoms with E-state index in [0.29, 0.717) is 12.3 Å². The molecule has 0 saturated carbocycles. The number of methoxy groups -OCH3 is 1. The third kappa shape index (κ3) is 6.01. The molecule has 0 aliphatic heterocycles. The number of hydrogen-bond donors (Lipinski definition) is 2. The van der Waals surface area contributed by atoms with Gasteiger partial charge in [0, 0.05) is 17.8 Å². The molecule has 0 radical (unpaired) electrons. The highest BCUT2D eigenvalue weighted by molar-refractivity contribution is 6.01. The molecule has 0 unspecified atom stereocenters. The van der Waals surface area contributed by atoms with Crippen molar-refractivity contribution in [3.05, 3.63) is 65.5 Å². The summed E-state index contributed by atoms with van der Waals surface area (Å²) in [6.07, 6.45) is 0.0554. The second kappa shape index (κ2) is 9.31. The zero-order valence-corrected chi connectivity index (χ0v) is 14.6. The average Bonchev–Trinajstić information content (AvgIpc) is 2.65. The Morgan fingerprint density at radius 2 is 1.73 bits per heavy atom. The second-order valence-electron chi connectivity index (χ2n) is 5.60. The number of amides is 2. The first-order chi connectivity index (χ1) is 12.5. The zero-order valence-electron chi connectivity index (χ0n) is 14.6. The molecule has 0 aromatic heterocycles. The normalized spacial score (nSPS) is 11.0. The maximum absolute atomic E-state index is 12.8. The van der Waals surface area contributed by atoms with Crippen LogP contribution in [-0.2, 0) is 11.3 Å². The van der Waals surface area contributed by atoms with Crippen LogP contribution in [0.3, 0.4) is 0 Å². The van der Waals surface area contributed by atoms with E-state index in [1.807, 2.05) is 24.3 Å². The van der Waals surface area contributed by atoms with E-state index in [0.717, 1.165) is 11.3 Å². The predicted molar refractivity (Wildman–Crippen MR) is 96.4 cm³/mol. The minimum Gasteiger partial charge on any atom is -0.497 e. The van der Waals surface area contributed by atoms with Gasteiger partial charge in [-0.15, -0.1) is 0 Å². The van der Waals surface area contributed by atoms with Gasteiger partial charge in [0.1, 0.15) is 11.6 Å². The zero-order chi connectivity index (χ0) is 18.9. The molecule has 0 bridgehead atoms. The van der Waals surface area contributed by atoms with Crippen LogP contribution in [0, 0.1) is 5.82 Å². The monoisotopic (exact) mass is 357 g/mol. The van der Waals surface area contributed by atoms with Crippen LogP contribution in [0.2, 0.25) is 0 Å². The fraction of sp³-hybridized carbons (Fsp3) is 0.211. The van der Waals surface area contributed by atoms with Crippen LogP contribution in [0.1, 0.15) is 29.3 Å². The number of carbonyl (C=O) groups is 2. The maximum atomic E-state index is 12.8. The summed E-state index contributed by atoms with van der Waals surface area (Å²) in [7, 11) is 1.59. The van der Waals surface area contributed by atoms with Crippen molar-refractivity contribution in [2.24, 2.45) is 5.10 Å². The van der Waals surface area contributed by atoms with Crippen LogP contribution >= 0.6 is 0 Å². The highest BCUT2D eigenvalue weighted by Gasteiger charge is 2.07. The molecule has 0 fully saturated rings. The molecule has 2 rings (SSSR count). The van der Waals surface area contributed by atoms with Crippen LogP contribution in [-0.4, -0.2) is 24.6 Å². The fourth-order valence-electron chi connectivity index (χ4n) is 2.09. The summed E-state index contributed by atoms with van der Waals surface area (Å²) in [5, 5.41) is 6.66. The molecule has 26 heavy (non-hydrogen) atoms. The Morgan fingerprint density at radius 1 is 1.08 bits per heavy atom. The summed E-state index contributed by atoms with van der Waals surface area (Å²) in [5.74, 6) is -0.351. The highest BCUT2D eigenvalue weighted by atomic mass is 19.1. The molecule has 0 heterocycles. The first kappa shape index (κ1) is 19.1. The molecule has 2 N–H and O–H groups in total. The third-order valence-corrected chi connectivity index (χ3v) is 3.52. The maximum Gasteiger partial charge on any atom is 0.271 e. The van der Waals surface area contributed by atoms with Crippen molar-refractivity contribution < 1.29 is 18.7 Å². The van der Waals surface area contributed by atoms with E-state index >= 15 is 0 Å². The van der Waals surface area contributed by atoms with Gasteiger partial charge in [-0.05, 0) is 48.9 Å². The third-order valence-electron chi connectivity index (χ3n) is 3.52. The minimum atomic E-state index is -0.469. The van der Waals surface area contributed by atoms with Gasteiger partial charge in [-0.25, -0.2) is 9.82 Å². The number of ether oxygens (including phenoxy) is 1. The summed E-state index contributed by atoms with van der Waals surface area (Å²) in [5.41, 5.74) is 4.02. The molecule has 0 spiro atoms. The molecule has 0 saturated heterocycles. The molecule has 2 amide bonds. The van der Waals surface area contributed by atoms with Crippen molar-refractivity contribution in [1.82, 2.24) is 10.7 Å². The number of rotatable bonds is 7. The van der Waals surface area contributed by atoms with E-state index in [9.17, 15) is 14.0 Å². The fourth-order valence-corrected chi connectivity index (χ4v) is 2.09. The number of hydrazone groups is 1. The molecule has 0 atom stereocenters. The number of benzene rings is 2. The number of nitrogens with zero attached hydrogens (tertiary/aromatic N) is 1. The van der Waals surface area contributed by atoms with Gasteiger partial charge in [-0.1, -0.05) is 12.1 Å². The summed E-state index contributed by atoms with van der Waals surface area (Å²) >= 11 is 0. The Hall–Kier alpha value is -3.22. The van der Waals surface area contributed by atoms with Crippen molar-refractivity contribution in [2.75, 3.05) is 7.11 Å². The smallest absolute Gasteiger partial charge is 0.271 e. The summed E-state index contributed by atoms with van der Waals surface area (Å²) < 4.78 is 17.9. The van der Waals surface area contributed by atoms with Crippen LogP contribution in [0.25, 0.3) is 0 Å². The van der Waals surface area contributed by atoms with E-state index in [4.69, 9.17) is 4.74 Å². The Kier molecular flexibility index (Phi) is 6.84.